The average Bonchev–Trinajstić information content (AvgIpc) is 2.94. The van der Waals surface area contributed by atoms with Crippen molar-refractivity contribution in [2.45, 2.75) is 98.8 Å². The molecule has 40 heavy (non-hydrogen) atoms. The Hall–Kier alpha value is -2.51. The number of aryl methyl sites for hydroxylation is 3. The molecule has 0 aliphatic carbocycles. The van der Waals surface area contributed by atoms with Crippen LogP contribution in [0.4, 0.5) is 11.4 Å². The summed E-state index contributed by atoms with van der Waals surface area (Å²) in [6.07, 6.45) is 14.4. The molecule has 3 aromatic rings. The van der Waals surface area contributed by atoms with Crippen LogP contribution in [0.3, 0.4) is 0 Å². The molecule has 0 heterocycles. The van der Waals surface area contributed by atoms with Crippen LogP contribution >= 0.6 is 0 Å². The van der Waals surface area contributed by atoms with Gasteiger partial charge in [-0.3, -0.25) is 9.98 Å². The molecule has 0 saturated carbocycles. The Balaban J connectivity index is 0.00000372. The van der Waals surface area contributed by atoms with E-state index in [0.717, 1.165) is 29.9 Å². The third-order valence-electron chi connectivity index (χ3n) is 6.55. The van der Waals surface area contributed by atoms with Gasteiger partial charge in [-0.1, -0.05) is 94.8 Å². The van der Waals surface area contributed by atoms with Crippen molar-refractivity contribution in [3.63, 3.8) is 0 Å². The summed E-state index contributed by atoms with van der Waals surface area (Å²) in [6.45, 7) is 13.7. The van der Waals surface area contributed by atoms with Gasteiger partial charge < -0.3 is 14.4 Å². The number of aliphatic imine (C=N–C) groups is 2. The van der Waals surface area contributed by atoms with Crippen LogP contribution < -0.4 is 0 Å². The van der Waals surface area contributed by atoms with Gasteiger partial charge in [0.25, 0.3) is 0 Å². The van der Waals surface area contributed by atoms with E-state index in [4.69, 9.17) is 9.98 Å². The van der Waals surface area contributed by atoms with Crippen LogP contribution in [-0.4, -0.2) is 11.9 Å². The Morgan fingerprint density at radius 1 is 0.700 bits per heavy atom. The first-order valence-corrected chi connectivity index (χ1v) is 14.7. The van der Waals surface area contributed by atoms with Crippen molar-refractivity contribution >= 4 is 23.3 Å². The maximum absolute atomic E-state index is 4.95. The van der Waals surface area contributed by atoms with Crippen LogP contribution in [-0.2, 0) is 29.3 Å². The maximum Gasteiger partial charge on any atom is 2.00 e. The topological polar surface area (TPSA) is 24.7 Å². The molecule has 220 valence electrons. The van der Waals surface area contributed by atoms with Gasteiger partial charge in [-0.2, -0.15) is 6.92 Å². The third kappa shape index (κ3) is 14.2. The Morgan fingerprint density at radius 3 is 1.88 bits per heavy atom. The predicted octanol–water partition coefficient (Wildman–Crippen LogP) is 11.7. The summed E-state index contributed by atoms with van der Waals surface area (Å²) >= 11 is 0. The molecule has 0 bridgehead atoms. The van der Waals surface area contributed by atoms with E-state index in [1.807, 2.05) is 13.1 Å². The zero-order valence-electron chi connectivity index (χ0n) is 25.9. The van der Waals surface area contributed by atoms with Gasteiger partial charge in [-0.15, -0.1) is 0 Å². The van der Waals surface area contributed by atoms with Gasteiger partial charge in [0, 0.05) is 6.21 Å². The first-order chi connectivity index (χ1) is 18.6. The summed E-state index contributed by atoms with van der Waals surface area (Å²) in [4.78, 5) is 9.73. The van der Waals surface area contributed by atoms with E-state index < -0.39 is 0 Å². The van der Waals surface area contributed by atoms with E-state index in [9.17, 15) is 0 Å². The monoisotopic (exact) mass is 582 g/mol. The van der Waals surface area contributed by atoms with Crippen molar-refractivity contribution in [1.29, 1.82) is 0 Å². The normalized spacial score (nSPS) is 10.9. The van der Waals surface area contributed by atoms with Crippen LogP contribution in [0, 0.1) is 21.3 Å². The molecule has 0 aliphatic heterocycles. The molecule has 0 aromatic heterocycles. The minimum Gasteiger partial charge on any atom is -0.358 e. The molecule has 3 aromatic carbocycles. The van der Waals surface area contributed by atoms with Crippen LogP contribution in [0.1, 0.15) is 95.8 Å². The number of nitrogens with zero attached hydrogens (tertiary/aromatic N) is 2. The Labute approximate surface area is 256 Å². The fraction of sp³-hybridized carbons (Fsp3) is 0.405. The standard InChI is InChI=1S/C34H44N2.C2H5.CH3.Ni/c1-5-7-9-12-16-29-20-27(3)21-33(23-29)35-26-28(4)36-34-24-30(17-13-10-8-6-2)22-32(25-34)31-18-14-11-15-19-31;1-2;;/h11,14-15,18-26H,5-10,12-13,16-17H2,1-4H3;1H2,2H3;1H3;/q;2*-1;+2. The third-order valence-corrected chi connectivity index (χ3v) is 6.55. The maximum atomic E-state index is 4.95. The van der Waals surface area contributed by atoms with E-state index in [1.54, 1.807) is 6.92 Å². The van der Waals surface area contributed by atoms with E-state index in [-0.39, 0.29) is 23.9 Å². The fourth-order valence-corrected chi connectivity index (χ4v) is 4.65. The second-order valence-electron chi connectivity index (χ2n) is 10.1. The number of rotatable bonds is 14. The molecule has 0 spiro atoms. The van der Waals surface area contributed by atoms with Gasteiger partial charge in [0.15, 0.2) is 0 Å². The summed E-state index contributed by atoms with van der Waals surface area (Å²) in [5.74, 6) is 0. The van der Waals surface area contributed by atoms with Gasteiger partial charge in [0.2, 0.25) is 0 Å². The number of unbranched alkanes of at least 4 members (excludes halogenated alkanes) is 6. The van der Waals surface area contributed by atoms with Gasteiger partial charge in [0.1, 0.15) is 0 Å². The minimum absolute atomic E-state index is 0. The molecular formula is C37H52N2Ni. The molecule has 0 aliphatic rings. The van der Waals surface area contributed by atoms with Gasteiger partial charge in [-0.25, -0.2) is 0 Å². The summed E-state index contributed by atoms with van der Waals surface area (Å²) in [5.41, 5.74) is 9.44. The van der Waals surface area contributed by atoms with Crippen molar-refractivity contribution in [2.24, 2.45) is 9.98 Å². The largest absolute Gasteiger partial charge is 2.00 e. The van der Waals surface area contributed by atoms with Gasteiger partial charge >= 0.3 is 16.5 Å². The zero-order chi connectivity index (χ0) is 27.6. The van der Waals surface area contributed by atoms with Crippen molar-refractivity contribution in [1.82, 2.24) is 0 Å². The molecule has 0 unspecified atom stereocenters. The first-order valence-electron chi connectivity index (χ1n) is 14.7. The van der Waals surface area contributed by atoms with E-state index in [1.165, 1.54) is 79.2 Å². The average molecular weight is 584 g/mol. The summed E-state index contributed by atoms with van der Waals surface area (Å²) in [7, 11) is 0. The number of hydrogen-bond donors (Lipinski definition) is 0. The fourth-order valence-electron chi connectivity index (χ4n) is 4.65. The number of benzene rings is 3. The first kappa shape index (κ1) is 37.5. The second-order valence-corrected chi connectivity index (χ2v) is 10.1. The molecule has 0 saturated heterocycles. The predicted molar refractivity (Wildman–Crippen MR) is 177 cm³/mol. The van der Waals surface area contributed by atoms with Crippen LogP contribution in [0.25, 0.3) is 11.1 Å². The molecule has 0 fully saturated rings. The smallest absolute Gasteiger partial charge is 0.358 e. The van der Waals surface area contributed by atoms with Crippen molar-refractivity contribution < 1.29 is 16.5 Å². The zero-order valence-corrected chi connectivity index (χ0v) is 26.9. The summed E-state index contributed by atoms with van der Waals surface area (Å²) < 4.78 is 0. The molecule has 0 radical (unpaired) electrons. The molecule has 2 nitrogen and oxygen atoms in total. The van der Waals surface area contributed by atoms with Gasteiger partial charge in [-0.05, 0) is 91.6 Å². The molecule has 3 rings (SSSR count). The van der Waals surface area contributed by atoms with Crippen LogP contribution in [0.15, 0.2) is 76.7 Å². The number of hydrogen-bond acceptors (Lipinski definition) is 2. The van der Waals surface area contributed by atoms with Crippen molar-refractivity contribution in [3.05, 3.63) is 97.8 Å². The Morgan fingerprint density at radius 2 is 1.27 bits per heavy atom. The minimum atomic E-state index is 0. The molecule has 3 heteroatoms. The van der Waals surface area contributed by atoms with Crippen molar-refractivity contribution in [3.8, 4) is 11.1 Å². The molecule has 0 atom stereocenters. The quantitative estimate of drug-likeness (QED) is 0.0781. The summed E-state index contributed by atoms with van der Waals surface area (Å²) in [5, 5.41) is 0. The van der Waals surface area contributed by atoms with E-state index in [2.05, 4.69) is 94.4 Å². The van der Waals surface area contributed by atoms with E-state index in [0.29, 0.717) is 0 Å². The summed E-state index contributed by atoms with van der Waals surface area (Å²) in [6, 6.07) is 24.1. The van der Waals surface area contributed by atoms with Crippen molar-refractivity contribution in [2.75, 3.05) is 0 Å². The second kappa shape index (κ2) is 22.2. The molecule has 0 amide bonds. The molecular weight excluding hydrogens is 531 g/mol. The Bertz CT molecular complexity index is 1130. The van der Waals surface area contributed by atoms with Crippen LogP contribution in [0.5, 0.6) is 0 Å². The van der Waals surface area contributed by atoms with Crippen LogP contribution in [0.2, 0.25) is 0 Å². The van der Waals surface area contributed by atoms with Gasteiger partial charge in [0.05, 0.1) is 17.1 Å². The van der Waals surface area contributed by atoms with E-state index >= 15 is 0 Å². The Kier molecular flexibility index (Phi) is 20.8. The SMILES string of the molecule is CCCCCCc1cc(C)cc(N=CC(C)=Nc2cc(CCCCCC)cc(-c3ccccc3)c2)c1.[CH2-]C.[CH3-].[Ni+2]. The molecule has 0 N–H and O–H groups in total.